The molecular formula is C14H22N2O. The van der Waals surface area contributed by atoms with Crippen LogP contribution >= 0.6 is 0 Å². The first-order valence-corrected chi connectivity index (χ1v) is 6.30. The highest BCUT2D eigenvalue weighted by molar-refractivity contribution is 5.54. The Kier molecular flexibility index (Phi) is 3.89. The molecule has 0 aliphatic carbocycles. The van der Waals surface area contributed by atoms with E-state index >= 15 is 0 Å². The van der Waals surface area contributed by atoms with Crippen LogP contribution in [0.2, 0.25) is 0 Å². The second kappa shape index (κ2) is 5.41. The van der Waals surface area contributed by atoms with Gasteiger partial charge in [-0.05, 0) is 63.0 Å². The molecule has 1 aliphatic rings. The van der Waals surface area contributed by atoms with Crippen molar-refractivity contribution < 1.29 is 4.74 Å². The van der Waals surface area contributed by atoms with Crippen LogP contribution < -0.4 is 10.5 Å². The quantitative estimate of drug-likeness (QED) is 0.815. The SMILES string of the molecule is COc1ccc(CC2CCN(C)CC2)cc1N. The highest BCUT2D eigenvalue weighted by atomic mass is 16.5. The molecule has 17 heavy (non-hydrogen) atoms. The molecule has 2 N–H and O–H groups in total. The Labute approximate surface area is 104 Å². The first kappa shape index (κ1) is 12.2. The van der Waals surface area contributed by atoms with Crippen LogP contribution in [0.25, 0.3) is 0 Å². The number of nitrogen functional groups attached to an aromatic ring is 1. The fourth-order valence-corrected chi connectivity index (χ4v) is 2.51. The molecule has 1 aromatic rings. The molecule has 0 atom stereocenters. The third kappa shape index (κ3) is 3.13. The van der Waals surface area contributed by atoms with Crippen LogP contribution in [0.3, 0.4) is 0 Å². The van der Waals surface area contributed by atoms with Gasteiger partial charge in [-0.25, -0.2) is 0 Å². The summed E-state index contributed by atoms with van der Waals surface area (Å²) in [5, 5.41) is 0. The van der Waals surface area contributed by atoms with Crippen molar-refractivity contribution in [1.82, 2.24) is 4.90 Å². The van der Waals surface area contributed by atoms with Crippen LogP contribution in [0, 0.1) is 5.92 Å². The summed E-state index contributed by atoms with van der Waals surface area (Å²) in [6.45, 7) is 2.44. The molecule has 3 heteroatoms. The van der Waals surface area contributed by atoms with Gasteiger partial charge >= 0.3 is 0 Å². The van der Waals surface area contributed by atoms with Crippen molar-refractivity contribution in [3.05, 3.63) is 23.8 Å². The maximum atomic E-state index is 5.93. The maximum absolute atomic E-state index is 5.93. The van der Waals surface area contributed by atoms with Crippen molar-refractivity contribution in [3.8, 4) is 5.75 Å². The number of methoxy groups -OCH3 is 1. The maximum Gasteiger partial charge on any atom is 0.141 e. The van der Waals surface area contributed by atoms with Gasteiger partial charge in [-0.15, -0.1) is 0 Å². The number of rotatable bonds is 3. The van der Waals surface area contributed by atoms with Crippen LogP contribution in [0.5, 0.6) is 5.75 Å². The molecule has 3 nitrogen and oxygen atoms in total. The Bertz CT molecular complexity index is 370. The molecule has 0 unspecified atom stereocenters. The lowest BCUT2D eigenvalue weighted by atomic mass is 9.90. The largest absolute Gasteiger partial charge is 0.495 e. The topological polar surface area (TPSA) is 38.5 Å². The summed E-state index contributed by atoms with van der Waals surface area (Å²) < 4.78 is 5.17. The van der Waals surface area contributed by atoms with Gasteiger partial charge in [0.15, 0.2) is 0 Å². The fraction of sp³-hybridized carbons (Fsp3) is 0.571. The van der Waals surface area contributed by atoms with Gasteiger partial charge in [0, 0.05) is 0 Å². The molecular weight excluding hydrogens is 212 g/mol. The molecule has 0 aromatic heterocycles. The number of benzene rings is 1. The van der Waals surface area contributed by atoms with Gasteiger partial charge in [0.25, 0.3) is 0 Å². The highest BCUT2D eigenvalue weighted by Gasteiger charge is 2.17. The van der Waals surface area contributed by atoms with Crippen LogP contribution in [0.15, 0.2) is 18.2 Å². The lowest BCUT2D eigenvalue weighted by molar-refractivity contribution is 0.219. The minimum absolute atomic E-state index is 0.748. The lowest BCUT2D eigenvalue weighted by Crippen LogP contribution is -2.30. The van der Waals surface area contributed by atoms with E-state index in [2.05, 4.69) is 24.1 Å². The minimum atomic E-state index is 0.748. The number of hydrogen-bond donors (Lipinski definition) is 1. The van der Waals surface area contributed by atoms with E-state index in [1.165, 1.54) is 31.5 Å². The predicted octanol–water partition coefficient (Wildman–Crippen LogP) is 2.16. The highest BCUT2D eigenvalue weighted by Crippen LogP contribution is 2.26. The van der Waals surface area contributed by atoms with Crippen LogP contribution in [-0.2, 0) is 6.42 Å². The van der Waals surface area contributed by atoms with Crippen molar-refractivity contribution >= 4 is 5.69 Å². The first-order valence-electron chi connectivity index (χ1n) is 6.30. The summed E-state index contributed by atoms with van der Waals surface area (Å²) in [6, 6.07) is 6.16. The number of nitrogens with zero attached hydrogens (tertiary/aromatic N) is 1. The molecule has 1 aromatic carbocycles. The van der Waals surface area contributed by atoms with Gasteiger partial charge in [-0.2, -0.15) is 0 Å². The number of nitrogens with two attached hydrogens (primary N) is 1. The van der Waals surface area contributed by atoms with E-state index in [9.17, 15) is 0 Å². The zero-order chi connectivity index (χ0) is 12.3. The normalized spacial score (nSPS) is 18.2. The smallest absolute Gasteiger partial charge is 0.141 e. The van der Waals surface area contributed by atoms with E-state index in [-0.39, 0.29) is 0 Å². The van der Waals surface area contributed by atoms with Crippen molar-refractivity contribution in [2.75, 3.05) is 33.0 Å². The summed E-state index contributed by atoms with van der Waals surface area (Å²) in [5.74, 6) is 1.58. The minimum Gasteiger partial charge on any atom is -0.495 e. The lowest BCUT2D eigenvalue weighted by Gasteiger charge is -2.29. The van der Waals surface area contributed by atoms with Gasteiger partial charge in [0.2, 0.25) is 0 Å². The Balaban J connectivity index is 1.97. The first-order chi connectivity index (χ1) is 8.19. The number of likely N-dealkylation sites (tertiary alicyclic amines) is 1. The van der Waals surface area contributed by atoms with E-state index in [1.807, 2.05) is 6.07 Å². The zero-order valence-electron chi connectivity index (χ0n) is 10.8. The molecule has 0 saturated carbocycles. The van der Waals surface area contributed by atoms with Gasteiger partial charge in [0.05, 0.1) is 12.8 Å². The Morgan fingerprint density at radius 2 is 2.06 bits per heavy atom. The van der Waals surface area contributed by atoms with Crippen LogP contribution in [0.4, 0.5) is 5.69 Å². The van der Waals surface area contributed by atoms with Gasteiger partial charge < -0.3 is 15.4 Å². The fourth-order valence-electron chi connectivity index (χ4n) is 2.51. The summed E-state index contributed by atoms with van der Waals surface area (Å²) in [4.78, 5) is 2.40. The molecule has 0 amide bonds. The van der Waals surface area contributed by atoms with Crippen molar-refractivity contribution in [3.63, 3.8) is 0 Å². The van der Waals surface area contributed by atoms with Crippen molar-refractivity contribution in [1.29, 1.82) is 0 Å². The molecule has 0 spiro atoms. The summed E-state index contributed by atoms with van der Waals surface area (Å²) in [5.41, 5.74) is 8.01. The second-order valence-electron chi connectivity index (χ2n) is 5.03. The number of hydrogen-bond acceptors (Lipinski definition) is 3. The van der Waals surface area contributed by atoms with Gasteiger partial charge in [-0.3, -0.25) is 0 Å². The number of ether oxygens (including phenoxy) is 1. The van der Waals surface area contributed by atoms with Crippen molar-refractivity contribution in [2.24, 2.45) is 5.92 Å². The Morgan fingerprint density at radius 3 is 2.65 bits per heavy atom. The number of anilines is 1. The standard InChI is InChI=1S/C14H22N2O/c1-16-7-5-11(6-8-16)9-12-3-4-14(17-2)13(15)10-12/h3-4,10-11H,5-9,15H2,1-2H3. The summed E-state index contributed by atoms with van der Waals surface area (Å²) >= 11 is 0. The van der Waals surface area contributed by atoms with Crippen LogP contribution in [-0.4, -0.2) is 32.1 Å². The second-order valence-corrected chi connectivity index (χ2v) is 5.03. The summed E-state index contributed by atoms with van der Waals surface area (Å²) in [6.07, 6.45) is 3.73. The molecule has 0 radical (unpaired) electrons. The van der Waals surface area contributed by atoms with E-state index < -0.39 is 0 Å². The monoisotopic (exact) mass is 234 g/mol. The predicted molar refractivity (Wildman–Crippen MR) is 71.3 cm³/mol. The molecule has 0 bridgehead atoms. The van der Waals surface area contributed by atoms with E-state index in [0.29, 0.717) is 0 Å². The average Bonchev–Trinajstić information content (AvgIpc) is 2.32. The molecule has 2 rings (SSSR count). The number of piperidine rings is 1. The van der Waals surface area contributed by atoms with Gasteiger partial charge in [0.1, 0.15) is 5.75 Å². The van der Waals surface area contributed by atoms with E-state index in [1.54, 1.807) is 7.11 Å². The van der Waals surface area contributed by atoms with Gasteiger partial charge in [-0.1, -0.05) is 6.07 Å². The third-order valence-electron chi connectivity index (χ3n) is 3.66. The average molecular weight is 234 g/mol. The molecule has 1 saturated heterocycles. The molecule has 94 valence electrons. The third-order valence-corrected chi connectivity index (χ3v) is 3.66. The molecule has 1 heterocycles. The zero-order valence-corrected chi connectivity index (χ0v) is 10.8. The Hall–Kier alpha value is -1.22. The Morgan fingerprint density at radius 1 is 1.35 bits per heavy atom. The van der Waals surface area contributed by atoms with Crippen LogP contribution in [0.1, 0.15) is 18.4 Å². The van der Waals surface area contributed by atoms with E-state index in [4.69, 9.17) is 10.5 Å². The van der Waals surface area contributed by atoms with E-state index in [0.717, 1.165) is 23.8 Å². The molecule has 1 fully saturated rings. The van der Waals surface area contributed by atoms with Crippen molar-refractivity contribution in [2.45, 2.75) is 19.3 Å². The summed E-state index contributed by atoms with van der Waals surface area (Å²) in [7, 11) is 3.85. The molecule has 1 aliphatic heterocycles.